The number of carbonyl (C=O) groups is 1. The predicted molar refractivity (Wildman–Crippen MR) is 97.3 cm³/mol. The van der Waals surface area contributed by atoms with Gasteiger partial charge in [-0.2, -0.15) is 0 Å². The molecule has 0 saturated carbocycles. The summed E-state index contributed by atoms with van der Waals surface area (Å²) in [7, 11) is 0. The number of thioether (sulfide) groups is 1. The second-order valence-electron chi connectivity index (χ2n) is 5.41. The third-order valence-corrected chi connectivity index (χ3v) is 4.54. The third-order valence-electron chi connectivity index (χ3n) is 3.59. The molecule has 1 fully saturated rings. The Bertz CT molecular complexity index is 783. The van der Waals surface area contributed by atoms with Crippen molar-refractivity contribution in [1.29, 1.82) is 0 Å². The molecule has 118 valence electrons. The molecule has 1 aromatic heterocycles. The van der Waals surface area contributed by atoms with Crippen LogP contribution in [-0.2, 0) is 4.79 Å². The molecule has 0 atom stereocenters. The lowest BCUT2D eigenvalue weighted by molar-refractivity contribution is -0.115. The first-order valence-corrected chi connectivity index (χ1v) is 8.68. The summed E-state index contributed by atoms with van der Waals surface area (Å²) in [5.74, 6) is -0.0736. The van der Waals surface area contributed by atoms with Crippen LogP contribution in [0.15, 0.2) is 46.4 Å². The maximum absolute atomic E-state index is 12.0. The van der Waals surface area contributed by atoms with Gasteiger partial charge >= 0.3 is 0 Å². The van der Waals surface area contributed by atoms with Gasteiger partial charge in [0.25, 0.3) is 5.91 Å². The number of fused-ring (bicyclic) bond motifs is 1. The standard InChI is InChI=1S/C18H19N3OS/c1-2-3-4-9-20-18-21-17(22)16(23-18)12-13-7-8-15-14(11-13)6-5-10-19-15/h5-8,10-12H,2-4,9H2,1H3,(H,20,21,22)/b16-12-. The van der Waals surface area contributed by atoms with E-state index < -0.39 is 0 Å². The lowest BCUT2D eigenvalue weighted by Gasteiger charge is -1.99. The number of nitrogens with one attached hydrogen (secondary N) is 1. The fourth-order valence-corrected chi connectivity index (χ4v) is 3.23. The van der Waals surface area contributed by atoms with Crippen molar-refractivity contribution in [2.75, 3.05) is 6.54 Å². The quantitative estimate of drug-likeness (QED) is 0.668. The van der Waals surface area contributed by atoms with Gasteiger partial charge in [0.15, 0.2) is 5.17 Å². The van der Waals surface area contributed by atoms with E-state index in [-0.39, 0.29) is 5.91 Å². The Morgan fingerprint density at radius 2 is 2.22 bits per heavy atom. The molecule has 1 amide bonds. The van der Waals surface area contributed by atoms with Crippen LogP contribution in [0.1, 0.15) is 31.7 Å². The molecule has 1 aliphatic rings. The highest BCUT2D eigenvalue weighted by atomic mass is 32.2. The Morgan fingerprint density at radius 1 is 1.30 bits per heavy atom. The van der Waals surface area contributed by atoms with Crippen molar-refractivity contribution < 1.29 is 4.79 Å². The summed E-state index contributed by atoms with van der Waals surface area (Å²) in [5.41, 5.74) is 1.95. The summed E-state index contributed by atoms with van der Waals surface area (Å²) >= 11 is 1.41. The molecule has 2 heterocycles. The summed E-state index contributed by atoms with van der Waals surface area (Å²) in [5, 5.41) is 4.61. The van der Waals surface area contributed by atoms with E-state index in [0.717, 1.165) is 29.4 Å². The van der Waals surface area contributed by atoms with E-state index in [1.54, 1.807) is 6.20 Å². The summed E-state index contributed by atoms with van der Waals surface area (Å²) in [6.45, 7) is 2.94. The molecule has 23 heavy (non-hydrogen) atoms. The molecule has 1 aromatic carbocycles. The van der Waals surface area contributed by atoms with Crippen LogP contribution in [0.2, 0.25) is 0 Å². The number of amidine groups is 1. The summed E-state index contributed by atoms with van der Waals surface area (Å²) in [4.78, 5) is 21.5. The number of unbranched alkanes of at least 4 members (excludes halogenated alkanes) is 2. The Morgan fingerprint density at radius 3 is 3.09 bits per heavy atom. The SMILES string of the molecule is CCCCCN=C1NC(=O)/C(=C/c2ccc3ncccc3c2)S1. The fourth-order valence-electron chi connectivity index (χ4n) is 2.38. The Labute approximate surface area is 140 Å². The molecule has 5 heteroatoms. The van der Waals surface area contributed by atoms with Gasteiger partial charge in [0, 0.05) is 18.1 Å². The van der Waals surface area contributed by atoms with Gasteiger partial charge in [-0.1, -0.05) is 31.9 Å². The Balaban J connectivity index is 1.74. The number of aromatic nitrogens is 1. The number of hydrogen-bond acceptors (Lipinski definition) is 4. The molecular formula is C18H19N3OS. The van der Waals surface area contributed by atoms with Crippen LogP contribution in [0.3, 0.4) is 0 Å². The first-order chi connectivity index (χ1) is 11.3. The highest BCUT2D eigenvalue weighted by molar-refractivity contribution is 8.18. The lowest BCUT2D eigenvalue weighted by atomic mass is 10.1. The van der Waals surface area contributed by atoms with Crippen molar-refractivity contribution in [3.05, 3.63) is 47.0 Å². The molecule has 0 radical (unpaired) electrons. The number of rotatable bonds is 5. The molecule has 4 nitrogen and oxygen atoms in total. The number of pyridine rings is 1. The minimum absolute atomic E-state index is 0.0736. The molecule has 1 saturated heterocycles. The van der Waals surface area contributed by atoms with Crippen molar-refractivity contribution in [1.82, 2.24) is 10.3 Å². The molecule has 0 bridgehead atoms. The number of nitrogens with zero attached hydrogens (tertiary/aromatic N) is 2. The number of carbonyl (C=O) groups excluding carboxylic acids is 1. The molecule has 1 aliphatic heterocycles. The van der Waals surface area contributed by atoms with E-state index in [9.17, 15) is 4.79 Å². The monoisotopic (exact) mass is 325 g/mol. The number of aliphatic imine (C=N–C) groups is 1. The second-order valence-corrected chi connectivity index (χ2v) is 6.44. The molecule has 1 N–H and O–H groups in total. The minimum Gasteiger partial charge on any atom is -0.301 e. The normalized spacial score (nSPS) is 18.0. The second kappa shape index (κ2) is 7.42. The van der Waals surface area contributed by atoms with Gasteiger partial charge in [-0.15, -0.1) is 0 Å². The highest BCUT2D eigenvalue weighted by Crippen LogP contribution is 2.26. The first-order valence-electron chi connectivity index (χ1n) is 7.86. The van der Waals surface area contributed by atoms with E-state index in [2.05, 4.69) is 22.2 Å². The molecule has 0 spiro atoms. The summed E-state index contributed by atoms with van der Waals surface area (Å²) in [6, 6.07) is 9.93. The maximum atomic E-state index is 12.0. The third kappa shape index (κ3) is 3.99. The van der Waals surface area contributed by atoms with Crippen LogP contribution in [0, 0.1) is 0 Å². The van der Waals surface area contributed by atoms with E-state index in [0.29, 0.717) is 10.1 Å². The predicted octanol–water partition coefficient (Wildman–Crippen LogP) is 3.98. The smallest absolute Gasteiger partial charge is 0.264 e. The van der Waals surface area contributed by atoms with Gasteiger partial charge in [0.05, 0.1) is 10.4 Å². The van der Waals surface area contributed by atoms with Crippen LogP contribution in [0.5, 0.6) is 0 Å². The van der Waals surface area contributed by atoms with E-state index in [1.807, 2.05) is 36.4 Å². The number of hydrogen-bond donors (Lipinski definition) is 1. The lowest BCUT2D eigenvalue weighted by Crippen LogP contribution is -2.19. The topological polar surface area (TPSA) is 54.4 Å². The molecule has 3 rings (SSSR count). The fraction of sp³-hybridized carbons (Fsp3) is 0.278. The first kappa shape index (κ1) is 15.7. The molecule has 2 aromatic rings. The number of benzene rings is 1. The highest BCUT2D eigenvalue weighted by Gasteiger charge is 2.23. The van der Waals surface area contributed by atoms with Crippen LogP contribution < -0.4 is 5.32 Å². The van der Waals surface area contributed by atoms with Crippen molar-refractivity contribution in [3.8, 4) is 0 Å². The van der Waals surface area contributed by atoms with Crippen molar-refractivity contribution in [3.63, 3.8) is 0 Å². The zero-order chi connectivity index (χ0) is 16.1. The van der Waals surface area contributed by atoms with E-state index in [1.165, 1.54) is 24.6 Å². The van der Waals surface area contributed by atoms with Crippen LogP contribution in [0.4, 0.5) is 0 Å². The van der Waals surface area contributed by atoms with Gasteiger partial charge < -0.3 is 5.32 Å². The van der Waals surface area contributed by atoms with Crippen LogP contribution in [0.25, 0.3) is 17.0 Å². The van der Waals surface area contributed by atoms with Crippen molar-refractivity contribution in [2.24, 2.45) is 4.99 Å². The average Bonchev–Trinajstić information content (AvgIpc) is 2.91. The molecular weight excluding hydrogens is 306 g/mol. The van der Waals surface area contributed by atoms with Crippen molar-refractivity contribution in [2.45, 2.75) is 26.2 Å². The van der Waals surface area contributed by atoms with Crippen LogP contribution >= 0.6 is 11.8 Å². The van der Waals surface area contributed by atoms with Crippen LogP contribution in [-0.4, -0.2) is 22.6 Å². The largest absolute Gasteiger partial charge is 0.301 e. The van der Waals surface area contributed by atoms with E-state index in [4.69, 9.17) is 0 Å². The van der Waals surface area contributed by atoms with Gasteiger partial charge in [0.1, 0.15) is 0 Å². The Hall–Kier alpha value is -2.14. The van der Waals surface area contributed by atoms with Gasteiger partial charge in [-0.3, -0.25) is 14.8 Å². The molecule has 0 unspecified atom stereocenters. The van der Waals surface area contributed by atoms with Crippen molar-refractivity contribution >= 4 is 39.8 Å². The molecule has 0 aliphatic carbocycles. The van der Waals surface area contributed by atoms with Gasteiger partial charge in [-0.25, -0.2) is 0 Å². The number of amides is 1. The summed E-state index contributed by atoms with van der Waals surface area (Å²) < 4.78 is 0. The summed E-state index contributed by atoms with van der Waals surface area (Å²) in [6.07, 6.45) is 7.09. The zero-order valence-electron chi connectivity index (χ0n) is 13.1. The van der Waals surface area contributed by atoms with Gasteiger partial charge in [-0.05, 0) is 48.0 Å². The van der Waals surface area contributed by atoms with E-state index >= 15 is 0 Å². The average molecular weight is 325 g/mol. The Kier molecular flexibility index (Phi) is 5.08. The maximum Gasteiger partial charge on any atom is 0.264 e. The zero-order valence-corrected chi connectivity index (χ0v) is 13.9. The minimum atomic E-state index is -0.0736. The van der Waals surface area contributed by atoms with Gasteiger partial charge in [0.2, 0.25) is 0 Å².